The van der Waals surface area contributed by atoms with Gasteiger partial charge in [-0.2, -0.15) is 0 Å². The van der Waals surface area contributed by atoms with Crippen molar-refractivity contribution in [2.24, 2.45) is 0 Å². The van der Waals surface area contributed by atoms with Crippen LogP contribution < -0.4 is 0 Å². The number of ether oxygens (including phenoxy) is 1. The van der Waals surface area contributed by atoms with Crippen molar-refractivity contribution < 1.29 is 4.74 Å². The Morgan fingerprint density at radius 1 is 1.53 bits per heavy atom. The molecule has 0 unspecified atom stereocenters. The van der Waals surface area contributed by atoms with Gasteiger partial charge in [0.1, 0.15) is 6.33 Å². The number of thioether (sulfide) groups is 1. The van der Waals surface area contributed by atoms with E-state index in [0.29, 0.717) is 6.61 Å². The lowest BCUT2D eigenvalue weighted by molar-refractivity contribution is 0.184. The summed E-state index contributed by atoms with van der Waals surface area (Å²) in [7, 11) is 1.69. The monoisotopic (exact) mass is 289 g/mol. The van der Waals surface area contributed by atoms with Crippen LogP contribution in [0.2, 0.25) is 4.34 Å². The van der Waals surface area contributed by atoms with Crippen LogP contribution in [0.5, 0.6) is 0 Å². The van der Waals surface area contributed by atoms with E-state index in [1.165, 1.54) is 4.88 Å². The Morgan fingerprint density at radius 3 is 3.12 bits per heavy atom. The molecule has 0 spiro atoms. The zero-order valence-electron chi connectivity index (χ0n) is 9.30. The predicted molar refractivity (Wildman–Crippen MR) is 70.8 cm³/mol. The number of methoxy groups -OCH3 is 1. The lowest BCUT2D eigenvalue weighted by atomic mass is 10.5. The van der Waals surface area contributed by atoms with Crippen molar-refractivity contribution in [1.29, 1.82) is 0 Å². The molecule has 2 aromatic rings. The summed E-state index contributed by atoms with van der Waals surface area (Å²) in [4.78, 5) is 1.24. The summed E-state index contributed by atoms with van der Waals surface area (Å²) in [5.41, 5.74) is 0. The lowest BCUT2D eigenvalue weighted by Gasteiger charge is -2.04. The molecule has 17 heavy (non-hydrogen) atoms. The standard InChI is InChI=1S/C10H12ClN3OS2/c1-15-5-4-14-7-12-13-10(14)16-6-8-2-3-9(11)17-8/h2-3,7H,4-6H2,1H3. The second-order valence-electron chi connectivity index (χ2n) is 3.29. The van der Waals surface area contributed by atoms with Gasteiger partial charge in [-0.1, -0.05) is 23.4 Å². The SMILES string of the molecule is COCCn1cnnc1SCc1ccc(Cl)s1. The Morgan fingerprint density at radius 2 is 2.41 bits per heavy atom. The van der Waals surface area contributed by atoms with Crippen molar-refractivity contribution in [3.8, 4) is 0 Å². The van der Waals surface area contributed by atoms with Crippen LogP contribution in [-0.2, 0) is 17.0 Å². The minimum absolute atomic E-state index is 0.663. The van der Waals surface area contributed by atoms with Crippen molar-refractivity contribution in [1.82, 2.24) is 14.8 Å². The van der Waals surface area contributed by atoms with Gasteiger partial charge >= 0.3 is 0 Å². The normalized spacial score (nSPS) is 10.9. The molecule has 2 aromatic heterocycles. The molecule has 2 rings (SSSR count). The summed E-state index contributed by atoms with van der Waals surface area (Å²) in [5, 5.41) is 8.90. The summed E-state index contributed by atoms with van der Waals surface area (Å²) < 4.78 is 7.85. The third-order valence-corrected chi connectivity index (χ3v) is 4.53. The minimum Gasteiger partial charge on any atom is -0.383 e. The first-order valence-corrected chi connectivity index (χ1v) is 7.21. The van der Waals surface area contributed by atoms with E-state index in [0.717, 1.165) is 21.8 Å². The van der Waals surface area contributed by atoms with Crippen LogP contribution in [0.3, 0.4) is 0 Å². The molecule has 0 aromatic carbocycles. The molecule has 0 saturated heterocycles. The molecule has 0 bridgehead atoms. The summed E-state index contributed by atoms with van der Waals surface area (Å²) in [6, 6.07) is 3.95. The maximum absolute atomic E-state index is 5.88. The lowest BCUT2D eigenvalue weighted by Crippen LogP contribution is -2.04. The molecule has 0 amide bonds. The third-order valence-electron chi connectivity index (χ3n) is 2.09. The fourth-order valence-electron chi connectivity index (χ4n) is 1.26. The van der Waals surface area contributed by atoms with Crippen LogP contribution in [0.4, 0.5) is 0 Å². The first-order valence-electron chi connectivity index (χ1n) is 5.03. The van der Waals surface area contributed by atoms with E-state index in [-0.39, 0.29) is 0 Å². The largest absolute Gasteiger partial charge is 0.383 e. The highest BCUT2D eigenvalue weighted by Crippen LogP contribution is 2.27. The fourth-order valence-corrected chi connectivity index (χ4v) is 3.34. The van der Waals surface area contributed by atoms with Crippen molar-refractivity contribution in [3.63, 3.8) is 0 Å². The molecule has 2 heterocycles. The molecular formula is C10H12ClN3OS2. The number of halogens is 1. The van der Waals surface area contributed by atoms with Gasteiger partial charge in [0.15, 0.2) is 5.16 Å². The van der Waals surface area contributed by atoms with Crippen LogP contribution in [0.1, 0.15) is 4.88 Å². The van der Waals surface area contributed by atoms with Gasteiger partial charge in [0.05, 0.1) is 10.9 Å². The zero-order chi connectivity index (χ0) is 12.1. The molecular weight excluding hydrogens is 278 g/mol. The Balaban J connectivity index is 1.92. The zero-order valence-corrected chi connectivity index (χ0v) is 11.7. The van der Waals surface area contributed by atoms with Crippen LogP contribution in [-0.4, -0.2) is 28.5 Å². The maximum Gasteiger partial charge on any atom is 0.191 e. The van der Waals surface area contributed by atoms with Crippen molar-refractivity contribution >= 4 is 34.7 Å². The van der Waals surface area contributed by atoms with E-state index < -0.39 is 0 Å². The van der Waals surface area contributed by atoms with Gasteiger partial charge in [-0.3, -0.25) is 0 Å². The van der Waals surface area contributed by atoms with Gasteiger partial charge in [0, 0.05) is 24.3 Å². The van der Waals surface area contributed by atoms with E-state index >= 15 is 0 Å². The highest BCUT2D eigenvalue weighted by atomic mass is 35.5. The number of thiophene rings is 1. The molecule has 0 atom stereocenters. The quantitative estimate of drug-likeness (QED) is 0.767. The average Bonchev–Trinajstić information content (AvgIpc) is 2.92. The third kappa shape index (κ3) is 3.70. The van der Waals surface area contributed by atoms with Crippen LogP contribution in [0, 0.1) is 0 Å². The highest BCUT2D eigenvalue weighted by molar-refractivity contribution is 7.98. The van der Waals surface area contributed by atoms with Gasteiger partial charge < -0.3 is 9.30 Å². The molecule has 0 aliphatic rings. The molecule has 0 N–H and O–H groups in total. The number of aromatic nitrogens is 3. The fraction of sp³-hybridized carbons (Fsp3) is 0.400. The maximum atomic E-state index is 5.88. The first-order chi connectivity index (χ1) is 8.29. The Labute approximate surface area is 113 Å². The molecule has 0 aliphatic heterocycles. The van der Waals surface area contributed by atoms with Gasteiger partial charge in [-0.05, 0) is 12.1 Å². The summed E-state index contributed by atoms with van der Waals surface area (Å²) >= 11 is 9.13. The van der Waals surface area contributed by atoms with Crippen molar-refractivity contribution in [2.75, 3.05) is 13.7 Å². The second kappa shape index (κ2) is 6.39. The molecule has 0 saturated carbocycles. The van der Waals surface area contributed by atoms with Gasteiger partial charge in [-0.15, -0.1) is 21.5 Å². The van der Waals surface area contributed by atoms with Crippen LogP contribution in [0.15, 0.2) is 23.6 Å². The smallest absolute Gasteiger partial charge is 0.191 e. The topological polar surface area (TPSA) is 39.9 Å². The van der Waals surface area contributed by atoms with E-state index in [1.807, 2.05) is 16.7 Å². The van der Waals surface area contributed by atoms with E-state index in [1.54, 1.807) is 36.5 Å². The van der Waals surface area contributed by atoms with E-state index in [9.17, 15) is 0 Å². The summed E-state index contributed by atoms with van der Waals surface area (Å²) in [6.45, 7) is 1.44. The van der Waals surface area contributed by atoms with Gasteiger partial charge in [0.25, 0.3) is 0 Å². The van der Waals surface area contributed by atoms with Crippen LogP contribution in [0.25, 0.3) is 0 Å². The number of rotatable bonds is 6. The number of nitrogens with zero attached hydrogens (tertiary/aromatic N) is 3. The first kappa shape index (κ1) is 12.9. The Hall–Kier alpha value is -0.560. The highest BCUT2D eigenvalue weighted by Gasteiger charge is 2.06. The van der Waals surface area contributed by atoms with Gasteiger partial charge in [0.2, 0.25) is 0 Å². The molecule has 0 aliphatic carbocycles. The molecule has 0 fully saturated rings. The average molecular weight is 290 g/mol. The minimum atomic E-state index is 0.663. The second-order valence-corrected chi connectivity index (χ2v) is 6.04. The molecule has 0 radical (unpaired) electrons. The van der Waals surface area contributed by atoms with Crippen molar-refractivity contribution in [2.45, 2.75) is 17.5 Å². The van der Waals surface area contributed by atoms with E-state index in [2.05, 4.69) is 10.2 Å². The molecule has 7 heteroatoms. The summed E-state index contributed by atoms with van der Waals surface area (Å²) in [6.07, 6.45) is 1.72. The number of hydrogen-bond donors (Lipinski definition) is 0. The van der Waals surface area contributed by atoms with Crippen LogP contribution >= 0.6 is 34.7 Å². The summed E-state index contributed by atoms with van der Waals surface area (Å²) in [5.74, 6) is 0.864. The Bertz CT molecular complexity index is 472. The predicted octanol–water partition coefficient (Wildman–Crippen LogP) is 2.93. The molecule has 4 nitrogen and oxygen atoms in total. The number of hydrogen-bond acceptors (Lipinski definition) is 5. The van der Waals surface area contributed by atoms with Crippen molar-refractivity contribution in [3.05, 3.63) is 27.7 Å². The van der Waals surface area contributed by atoms with Gasteiger partial charge in [-0.25, -0.2) is 0 Å². The Kier molecular flexibility index (Phi) is 4.85. The molecule has 92 valence electrons. The van der Waals surface area contributed by atoms with E-state index in [4.69, 9.17) is 16.3 Å².